The Bertz CT molecular complexity index is 505. The van der Waals surface area contributed by atoms with Gasteiger partial charge in [0, 0.05) is 45.3 Å². The lowest BCUT2D eigenvalue weighted by molar-refractivity contribution is -0.138. The Morgan fingerprint density at radius 2 is 1.71 bits per heavy atom. The Balaban J connectivity index is 1.46. The molecule has 24 heavy (non-hydrogen) atoms. The van der Waals surface area contributed by atoms with E-state index in [1.807, 2.05) is 0 Å². The molecule has 0 unspecified atom stereocenters. The van der Waals surface area contributed by atoms with E-state index in [0.717, 1.165) is 45.7 Å². The van der Waals surface area contributed by atoms with Crippen molar-refractivity contribution in [1.29, 1.82) is 0 Å². The van der Waals surface area contributed by atoms with Gasteiger partial charge in [0.15, 0.2) is 0 Å². The highest BCUT2D eigenvalue weighted by Gasteiger charge is 2.30. The highest BCUT2D eigenvalue weighted by atomic mass is 32.1. The summed E-state index contributed by atoms with van der Waals surface area (Å²) in [6.07, 6.45) is 4.75. The molecule has 0 saturated carbocycles. The summed E-state index contributed by atoms with van der Waals surface area (Å²) in [5.74, 6) is 0.342. The van der Waals surface area contributed by atoms with E-state index in [2.05, 4.69) is 45.4 Å². The molecule has 0 N–H and O–H groups in total. The smallest absolute Gasteiger partial charge is 0.239 e. The van der Waals surface area contributed by atoms with Gasteiger partial charge in [-0.2, -0.15) is 11.3 Å². The second-order valence-electron chi connectivity index (χ2n) is 7.32. The molecule has 1 amide bonds. The van der Waals surface area contributed by atoms with Gasteiger partial charge in [0.05, 0.1) is 6.04 Å². The second-order valence-corrected chi connectivity index (χ2v) is 8.10. The monoisotopic (exact) mass is 349 g/mol. The summed E-state index contributed by atoms with van der Waals surface area (Å²) in [6.45, 7) is 10.5. The molecule has 3 rings (SSSR count). The minimum absolute atomic E-state index is 0.0393. The number of piperidine rings is 1. The van der Waals surface area contributed by atoms with Gasteiger partial charge in [0.1, 0.15) is 0 Å². The maximum atomic E-state index is 12.7. The van der Waals surface area contributed by atoms with Crippen molar-refractivity contribution in [2.45, 2.75) is 51.6 Å². The summed E-state index contributed by atoms with van der Waals surface area (Å²) < 4.78 is 0. The molecule has 0 aliphatic carbocycles. The minimum atomic E-state index is 0.0393. The number of nitrogens with zero attached hydrogens (tertiary/aromatic N) is 3. The predicted octanol–water partition coefficient (Wildman–Crippen LogP) is 2.70. The van der Waals surface area contributed by atoms with E-state index in [0.29, 0.717) is 11.9 Å². The van der Waals surface area contributed by atoms with Gasteiger partial charge in [-0.05, 0) is 61.9 Å². The average molecular weight is 350 g/mol. The van der Waals surface area contributed by atoms with Gasteiger partial charge in [-0.3, -0.25) is 14.6 Å². The van der Waals surface area contributed by atoms with E-state index in [-0.39, 0.29) is 6.04 Å². The van der Waals surface area contributed by atoms with Gasteiger partial charge < -0.3 is 4.90 Å². The number of carbonyl (C=O) groups excluding carboxylic acids is 1. The molecule has 0 bridgehead atoms. The molecule has 3 heterocycles. The standard InChI is InChI=1S/C19H31N3OS/c1-16(14-18-6-13-24-15-18)20-9-11-21(12-10-20)17(2)19(23)22-7-4-3-5-8-22/h6,13,15-17H,3-5,7-12,14H2,1-2H3/t16-,17+/m0/s1. The van der Waals surface area contributed by atoms with Crippen molar-refractivity contribution in [1.82, 2.24) is 14.7 Å². The van der Waals surface area contributed by atoms with Gasteiger partial charge in [-0.1, -0.05) is 0 Å². The Labute approximate surface area is 150 Å². The lowest BCUT2D eigenvalue weighted by Crippen LogP contribution is -2.56. The fourth-order valence-corrected chi connectivity index (χ4v) is 4.66. The Hall–Kier alpha value is -0.910. The van der Waals surface area contributed by atoms with Crippen LogP contribution in [0.25, 0.3) is 0 Å². The van der Waals surface area contributed by atoms with Crippen LogP contribution in [0.2, 0.25) is 0 Å². The summed E-state index contributed by atoms with van der Waals surface area (Å²) >= 11 is 1.78. The van der Waals surface area contributed by atoms with Crippen LogP contribution in [0.1, 0.15) is 38.7 Å². The third kappa shape index (κ3) is 4.38. The zero-order valence-electron chi connectivity index (χ0n) is 15.1. The number of hydrogen-bond donors (Lipinski definition) is 0. The normalized spacial score (nSPS) is 23.2. The van der Waals surface area contributed by atoms with Crippen LogP contribution >= 0.6 is 11.3 Å². The molecule has 0 spiro atoms. The van der Waals surface area contributed by atoms with Crippen LogP contribution in [0.4, 0.5) is 0 Å². The summed E-state index contributed by atoms with van der Waals surface area (Å²) in [5.41, 5.74) is 1.45. The first-order valence-electron chi connectivity index (χ1n) is 9.43. The Morgan fingerprint density at radius 3 is 2.33 bits per heavy atom. The van der Waals surface area contributed by atoms with Gasteiger partial charge in [-0.15, -0.1) is 0 Å². The molecule has 5 heteroatoms. The number of likely N-dealkylation sites (tertiary alicyclic amines) is 1. The van der Waals surface area contributed by atoms with Crippen LogP contribution in [0.15, 0.2) is 16.8 Å². The predicted molar refractivity (Wildman–Crippen MR) is 101 cm³/mol. The maximum Gasteiger partial charge on any atom is 0.239 e. The van der Waals surface area contributed by atoms with E-state index in [4.69, 9.17) is 0 Å². The summed E-state index contributed by atoms with van der Waals surface area (Å²) in [5, 5.41) is 4.42. The van der Waals surface area contributed by atoms with Crippen molar-refractivity contribution in [2.75, 3.05) is 39.3 Å². The molecule has 4 nitrogen and oxygen atoms in total. The number of carbonyl (C=O) groups is 1. The summed E-state index contributed by atoms with van der Waals surface area (Å²) in [6, 6.07) is 2.85. The lowest BCUT2D eigenvalue weighted by atomic mass is 10.1. The first kappa shape index (κ1) is 17.9. The Kier molecular flexibility index (Phi) is 6.31. The topological polar surface area (TPSA) is 26.8 Å². The fraction of sp³-hybridized carbons (Fsp3) is 0.737. The third-order valence-electron chi connectivity index (χ3n) is 5.66. The molecule has 2 aliphatic heterocycles. The summed E-state index contributed by atoms with van der Waals surface area (Å²) in [4.78, 5) is 19.7. The number of hydrogen-bond acceptors (Lipinski definition) is 4. The van der Waals surface area contributed by atoms with Crippen molar-refractivity contribution in [3.8, 4) is 0 Å². The zero-order valence-corrected chi connectivity index (χ0v) is 15.9. The molecule has 134 valence electrons. The van der Waals surface area contributed by atoms with Crippen molar-refractivity contribution < 1.29 is 4.79 Å². The van der Waals surface area contributed by atoms with E-state index in [1.165, 1.54) is 24.8 Å². The second kappa shape index (κ2) is 8.45. The van der Waals surface area contributed by atoms with Gasteiger partial charge in [-0.25, -0.2) is 0 Å². The molecule has 1 aromatic heterocycles. The molecular weight excluding hydrogens is 318 g/mol. The van der Waals surface area contributed by atoms with Crippen LogP contribution < -0.4 is 0 Å². The van der Waals surface area contributed by atoms with Gasteiger partial charge in [0.25, 0.3) is 0 Å². The van der Waals surface area contributed by atoms with Crippen LogP contribution in [0.3, 0.4) is 0 Å². The maximum absolute atomic E-state index is 12.7. The van der Waals surface area contributed by atoms with Crippen LogP contribution in [-0.2, 0) is 11.2 Å². The largest absolute Gasteiger partial charge is 0.341 e. The van der Waals surface area contributed by atoms with Crippen LogP contribution in [0.5, 0.6) is 0 Å². The SMILES string of the molecule is C[C@H](C(=O)N1CCCCC1)N1CCN([C@@H](C)Cc2ccsc2)CC1. The lowest BCUT2D eigenvalue weighted by Gasteiger charge is -2.41. The number of rotatable bonds is 5. The first-order chi connectivity index (χ1) is 11.6. The molecular formula is C19H31N3OS. The van der Waals surface area contributed by atoms with Crippen molar-refractivity contribution in [2.24, 2.45) is 0 Å². The van der Waals surface area contributed by atoms with E-state index < -0.39 is 0 Å². The first-order valence-corrected chi connectivity index (χ1v) is 10.4. The molecule has 2 fully saturated rings. The highest BCUT2D eigenvalue weighted by molar-refractivity contribution is 7.07. The number of amides is 1. The Morgan fingerprint density at radius 1 is 1.04 bits per heavy atom. The third-order valence-corrected chi connectivity index (χ3v) is 6.39. The molecule has 0 radical (unpaired) electrons. The van der Waals surface area contributed by atoms with Crippen LogP contribution in [-0.4, -0.2) is 72.0 Å². The molecule has 2 atom stereocenters. The highest BCUT2D eigenvalue weighted by Crippen LogP contribution is 2.17. The number of piperazine rings is 1. The van der Waals surface area contributed by atoms with Crippen LogP contribution in [0, 0.1) is 0 Å². The van der Waals surface area contributed by atoms with Crippen molar-refractivity contribution >= 4 is 17.2 Å². The zero-order chi connectivity index (χ0) is 16.9. The van der Waals surface area contributed by atoms with E-state index >= 15 is 0 Å². The molecule has 0 aromatic carbocycles. The van der Waals surface area contributed by atoms with Crippen molar-refractivity contribution in [3.05, 3.63) is 22.4 Å². The van der Waals surface area contributed by atoms with E-state index in [9.17, 15) is 4.79 Å². The summed E-state index contributed by atoms with van der Waals surface area (Å²) in [7, 11) is 0. The molecule has 1 aromatic rings. The quantitative estimate of drug-likeness (QED) is 0.818. The van der Waals surface area contributed by atoms with E-state index in [1.54, 1.807) is 11.3 Å². The van der Waals surface area contributed by atoms with Crippen molar-refractivity contribution in [3.63, 3.8) is 0 Å². The fourth-order valence-electron chi connectivity index (χ4n) is 3.98. The molecule has 2 aliphatic rings. The minimum Gasteiger partial charge on any atom is -0.341 e. The average Bonchev–Trinajstić information content (AvgIpc) is 3.14. The molecule has 2 saturated heterocycles. The van der Waals surface area contributed by atoms with Gasteiger partial charge >= 0.3 is 0 Å². The number of thiophene rings is 1. The van der Waals surface area contributed by atoms with Gasteiger partial charge in [0.2, 0.25) is 5.91 Å².